The van der Waals surface area contributed by atoms with Gasteiger partial charge in [0.15, 0.2) is 0 Å². The molecular weight excluding hydrogens is 271 g/mol. The number of aliphatic hydroxyl groups is 1. The van der Waals surface area contributed by atoms with E-state index in [1.165, 1.54) is 4.68 Å². The lowest BCUT2D eigenvalue weighted by molar-refractivity contribution is -0.148. The minimum absolute atomic E-state index is 0.0125. The first-order chi connectivity index (χ1) is 8.24. The predicted molar refractivity (Wildman–Crippen MR) is 61.4 cm³/mol. The summed E-state index contributed by atoms with van der Waals surface area (Å²) in [6, 6.07) is 0. The van der Waals surface area contributed by atoms with Gasteiger partial charge in [0.25, 0.3) is 0 Å². The first-order valence-corrected chi connectivity index (χ1v) is 5.70. The molecule has 0 aliphatic heterocycles. The molecule has 0 atom stereocenters. The highest BCUT2D eigenvalue weighted by atomic mass is 35.5. The number of alkyl halides is 3. The number of hydrogen-bond acceptors (Lipinski definition) is 3. The first kappa shape index (κ1) is 15.3. The van der Waals surface area contributed by atoms with Crippen LogP contribution in [0.15, 0.2) is 0 Å². The topological polar surface area (TPSA) is 41.3 Å². The van der Waals surface area contributed by atoms with Gasteiger partial charge in [0.1, 0.15) is 5.15 Å². The van der Waals surface area contributed by atoms with Crippen molar-refractivity contribution in [3.63, 3.8) is 0 Å². The molecule has 1 aromatic rings. The Balaban J connectivity index is 2.83. The molecule has 1 N–H and O–H groups in total. The molecule has 104 valence electrons. The van der Waals surface area contributed by atoms with E-state index in [1.54, 1.807) is 14.0 Å². The summed E-state index contributed by atoms with van der Waals surface area (Å²) in [5, 5.41) is 13.1. The van der Waals surface area contributed by atoms with Gasteiger partial charge in [0.2, 0.25) is 0 Å². The normalized spacial score (nSPS) is 12.4. The van der Waals surface area contributed by atoms with Gasteiger partial charge in [-0.3, -0.25) is 9.58 Å². The molecule has 0 amide bonds. The minimum atomic E-state index is -4.31. The van der Waals surface area contributed by atoms with Crippen molar-refractivity contribution < 1.29 is 18.3 Å². The van der Waals surface area contributed by atoms with E-state index in [2.05, 4.69) is 5.10 Å². The van der Waals surface area contributed by atoms with Gasteiger partial charge in [0.05, 0.1) is 18.8 Å². The zero-order chi connectivity index (χ0) is 13.9. The van der Waals surface area contributed by atoms with Crippen LogP contribution < -0.4 is 0 Å². The number of aromatic nitrogens is 2. The van der Waals surface area contributed by atoms with E-state index >= 15 is 0 Å². The van der Waals surface area contributed by atoms with Crippen LogP contribution in [0.2, 0.25) is 5.15 Å². The number of rotatable bonds is 5. The Labute approximate surface area is 108 Å². The Hall–Kier alpha value is -0.790. The van der Waals surface area contributed by atoms with E-state index in [1.807, 2.05) is 0 Å². The summed E-state index contributed by atoms with van der Waals surface area (Å²) >= 11 is 5.96. The van der Waals surface area contributed by atoms with Gasteiger partial charge < -0.3 is 5.11 Å². The Morgan fingerprint density at radius 1 is 1.44 bits per heavy atom. The van der Waals surface area contributed by atoms with Crippen LogP contribution in [0, 0.1) is 6.92 Å². The van der Waals surface area contributed by atoms with E-state index < -0.39 is 12.7 Å². The zero-order valence-corrected chi connectivity index (χ0v) is 10.9. The quantitative estimate of drug-likeness (QED) is 0.896. The molecule has 1 rings (SSSR count). The molecule has 0 aliphatic carbocycles. The van der Waals surface area contributed by atoms with Crippen LogP contribution in [0.4, 0.5) is 13.2 Å². The first-order valence-electron chi connectivity index (χ1n) is 5.32. The van der Waals surface area contributed by atoms with Crippen molar-refractivity contribution in [3.05, 3.63) is 16.4 Å². The third-order valence-corrected chi connectivity index (χ3v) is 2.94. The van der Waals surface area contributed by atoms with Crippen LogP contribution in [-0.2, 0) is 13.6 Å². The predicted octanol–water partition coefficient (Wildman–Crippen LogP) is 1.74. The highest BCUT2D eigenvalue weighted by Crippen LogP contribution is 2.23. The largest absolute Gasteiger partial charge is 0.401 e. The molecule has 4 nitrogen and oxygen atoms in total. The monoisotopic (exact) mass is 285 g/mol. The van der Waals surface area contributed by atoms with Gasteiger partial charge >= 0.3 is 6.18 Å². The molecule has 0 fully saturated rings. The lowest BCUT2D eigenvalue weighted by Crippen LogP contribution is -2.35. The lowest BCUT2D eigenvalue weighted by atomic mass is 10.2. The molecule has 8 heteroatoms. The average molecular weight is 286 g/mol. The van der Waals surface area contributed by atoms with Crippen LogP contribution in [0.1, 0.15) is 11.3 Å². The summed E-state index contributed by atoms with van der Waals surface area (Å²) < 4.78 is 38.5. The summed E-state index contributed by atoms with van der Waals surface area (Å²) in [7, 11) is 1.62. The smallest absolute Gasteiger partial charge is 0.395 e. The van der Waals surface area contributed by atoms with Crippen LogP contribution >= 0.6 is 11.6 Å². The molecule has 1 heterocycles. The minimum Gasteiger partial charge on any atom is -0.395 e. The summed E-state index contributed by atoms with van der Waals surface area (Å²) in [6.07, 6.45) is -4.31. The van der Waals surface area contributed by atoms with Gasteiger partial charge in [-0.25, -0.2) is 0 Å². The molecule has 0 bridgehead atoms. The molecular formula is C10H15ClF3N3O. The van der Waals surface area contributed by atoms with Gasteiger partial charge in [0, 0.05) is 25.7 Å². The van der Waals surface area contributed by atoms with Gasteiger partial charge in [-0.15, -0.1) is 0 Å². The van der Waals surface area contributed by atoms with Crippen molar-refractivity contribution in [2.75, 3.05) is 19.7 Å². The fourth-order valence-corrected chi connectivity index (χ4v) is 1.92. The number of halogens is 4. The van der Waals surface area contributed by atoms with Crippen molar-refractivity contribution in [3.8, 4) is 0 Å². The molecule has 0 aromatic carbocycles. The van der Waals surface area contributed by atoms with Crippen molar-refractivity contribution in [1.82, 2.24) is 14.7 Å². The lowest BCUT2D eigenvalue weighted by Gasteiger charge is -2.22. The SMILES string of the molecule is Cc1nn(C)c(Cl)c1CN(CCO)CC(F)(F)F. The van der Waals surface area contributed by atoms with E-state index in [0.717, 1.165) is 4.90 Å². The van der Waals surface area contributed by atoms with Crippen LogP contribution in [0.5, 0.6) is 0 Å². The maximum Gasteiger partial charge on any atom is 0.401 e. The van der Waals surface area contributed by atoms with Gasteiger partial charge in [-0.2, -0.15) is 18.3 Å². The number of nitrogens with zero attached hydrogens (tertiary/aromatic N) is 3. The molecule has 1 aromatic heterocycles. The second-order valence-corrected chi connectivity index (χ2v) is 4.39. The van der Waals surface area contributed by atoms with Crippen molar-refractivity contribution in [2.24, 2.45) is 7.05 Å². The van der Waals surface area contributed by atoms with Crippen molar-refractivity contribution >= 4 is 11.6 Å². The van der Waals surface area contributed by atoms with Crippen LogP contribution in [0.3, 0.4) is 0 Å². The van der Waals surface area contributed by atoms with E-state index in [4.69, 9.17) is 16.7 Å². The molecule has 0 unspecified atom stereocenters. The zero-order valence-electron chi connectivity index (χ0n) is 10.1. The number of aryl methyl sites for hydroxylation is 2. The third kappa shape index (κ3) is 4.15. The fraction of sp³-hybridized carbons (Fsp3) is 0.700. The second-order valence-electron chi connectivity index (χ2n) is 4.03. The maximum atomic E-state index is 12.4. The summed E-state index contributed by atoms with van der Waals surface area (Å²) in [5.74, 6) is 0. The fourth-order valence-electron chi connectivity index (χ4n) is 1.69. The van der Waals surface area contributed by atoms with Crippen LogP contribution in [-0.4, -0.2) is 45.7 Å². The standard InChI is InChI=1S/C10H15ClF3N3O/c1-7-8(9(11)16(2)15-7)5-17(3-4-18)6-10(12,13)14/h18H,3-6H2,1-2H3. The molecule has 0 saturated carbocycles. The summed E-state index contributed by atoms with van der Waals surface area (Å²) in [4.78, 5) is 1.09. The summed E-state index contributed by atoms with van der Waals surface area (Å²) in [6.45, 7) is 0.208. The van der Waals surface area contributed by atoms with E-state index in [0.29, 0.717) is 16.4 Å². The van der Waals surface area contributed by atoms with E-state index in [9.17, 15) is 13.2 Å². The van der Waals surface area contributed by atoms with Gasteiger partial charge in [-0.1, -0.05) is 11.6 Å². The van der Waals surface area contributed by atoms with Gasteiger partial charge in [-0.05, 0) is 6.92 Å². The Morgan fingerprint density at radius 3 is 2.44 bits per heavy atom. The number of aliphatic hydroxyl groups excluding tert-OH is 1. The third-order valence-electron chi connectivity index (χ3n) is 2.47. The summed E-state index contributed by atoms with van der Waals surface area (Å²) in [5.41, 5.74) is 1.14. The van der Waals surface area contributed by atoms with Crippen molar-refractivity contribution in [1.29, 1.82) is 0 Å². The molecule has 0 spiro atoms. The molecule has 0 aliphatic rings. The van der Waals surface area contributed by atoms with Crippen molar-refractivity contribution in [2.45, 2.75) is 19.6 Å². The highest BCUT2D eigenvalue weighted by Gasteiger charge is 2.31. The Bertz CT molecular complexity index is 406. The second kappa shape index (κ2) is 5.90. The Morgan fingerprint density at radius 2 is 2.06 bits per heavy atom. The molecule has 0 radical (unpaired) electrons. The van der Waals surface area contributed by atoms with Crippen LogP contribution in [0.25, 0.3) is 0 Å². The molecule has 0 saturated heterocycles. The number of hydrogen-bond donors (Lipinski definition) is 1. The Kier molecular flexibility index (Phi) is 5.01. The van der Waals surface area contributed by atoms with E-state index in [-0.39, 0.29) is 19.7 Å². The average Bonchev–Trinajstić information content (AvgIpc) is 2.43. The maximum absolute atomic E-state index is 12.4. The highest BCUT2D eigenvalue weighted by molar-refractivity contribution is 6.30. The molecule has 18 heavy (non-hydrogen) atoms.